The van der Waals surface area contributed by atoms with Crippen LogP contribution in [0.25, 0.3) is 5.69 Å². The summed E-state index contributed by atoms with van der Waals surface area (Å²) in [6.07, 6.45) is -4.44. The van der Waals surface area contributed by atoms with Crippen molar-refractivity contribution in [2.24, 2.45) is 0 Å². The summed E-state index contributed by atoms with van der Waals surface area (Å²) in [5.74, 6) is 0.0455. The molecule has 0 atom stereocenters. The van der Waals surface area contributed by atoms with Crippen LogP contribution in [-0.4, -0.2) is 9.78 Å². The fourth-order valence-corrected chi connectivity index (χ4v) is 2.54. The molecule has 7 heteroatoms. The lowest BCUT2D eigenvalue weighted by Gasteiger charge is -2.09. The molecule has 0 aliphatic rings. The molecule has 0 spiro atoms. The number of aromatic amines is 1. The third-order valence-corrected chi connectivity index (χ3v) is 3.63. The fraction of sp³-hybridized carbons (Fsp3) is 0.308. The Morgan fingerprint density at radius 1 is 1.30 bits per heavy atom. The highest BCUT2D eigenvalue weighted by molar-refractivity contribution is 9.10. The number of halogens is 4. The van der Waals surface area contributed by atoms with Crippen molar-refractivity contribution in [2.45, 2.75) is 25.9 Å². The van der Waals surface area contributed by atoms with Gasteiger partial charge in [0.1, 0.15) is 4.47 Å². The van der Waals surface area contributed by atoms with Gasteiger partial charge in [-0.3, -0.25) is 9.89 Å². The van der Waals surface area contributed by atoms with Crippen LogP contribution in [0.5, 0.6) is 0 Å². The lowest BCUT2D eigenvalue weighted by atomic mass is 10.1. The summed E-state index contributed by atoms with van der Waals surface area (Å²) in [4.78, 5) is 12.1. The highest BCUT2D eigenvalue weighted by Gasteiger charge is 2.30. The molecule has 1 aromatic carbocycles. The molecule has 0 saturated heterocycles. The molecule has 1 heterocycles. The number of hydrogen-bond donors (Lipinski definition) is 1. The maximum Gasteiger partial charge on any atom is 0.416 e. The molecule has 0 unspecified atom stereocenters. The number of alkyl halides is 3. The van der Waals surface area contributed by atoms with Crippen molar-refractivity contribution >= 4 is 15.9 Å². The molecule has 0 aliphatic carbocycles. The average molecular weight is 349 g/mol. The quantitative estimate of drug-likeness (QED) is 0.872. The van der Waals surface area contributed by atoms with Gasteiger partial charge in [0.25, 0.3) is 5.56 Å². The SMILES string of the molecule is CC(C)c1[nH]n(-c2cccc(C(F)(F)F)c2)c(=O)c1Br. The van der Waals surface area contributed by atoms with Gasteiger partial charge in [-0.25, -0.2) is 4.68 Å². The van der Waals surface area contributed by atoms with E-state index in [-0.39, 0.29) is 11.6 Å². The van der Waals surface area contributed by atoms with Gasteiger partial charge in [0, 0.05) is 0 Å². The number of aromatic nitrogens is 2. The Kier molecular flexibility index (Phi) is 3.82. The standard InChI is InChI=1S/C13H12BrF3N2O/c1-7(2)11-10(14)12(20)19(18-11)9-5-3-4-8(6-9)13(15,16)17/h3-7,18H,1-2H3. The normalized spacial score (nSPS) is 12.2. The van der Waals surface area contributed by atoms with Crippen molar-refractivity contribution in [3.63, 3.8) is 0 Å². The molecule has 0 saturated carbocycles. The number of hydrogen-bond acceptors (Lipinski definition) is 1. The van der Waals surface area contributed by atoms with Crippen LogP contribution in [0.1, 0.15) is 31.0 Å². The summed E-state index contributed by atoms with van der Waals surface area (Å²) in [6.45, 7) is 3.76. The van der Waals surface area contributed by atoms with Crippen LogP contribution in [0.2, 0.25) is 0 Å². The molecule has 1 aromatic heterocycles. The first-order valence-corrected chi connectivity index (χ1v) is 6.69. The lowest BCUT2D eigenvalue weighted by molar-refractivity contribution is -0.137. The highest BCUT2D eigenvalue weighted by atomic mass is 79.9. The predicted octanol–water partition coefficient (Wildman–Crippen LogP) is 4.07. The summed E-state index contributed by atoms with van der Waals surface area (Å²) in [5, 5.41) is 2.83. The minimum Gasteiger partial charge on any atom is -0.294 e. The van der Waals surface area contributed by atoms with Crippen LogP contribution in [-0.2, 0) is 6.18 Å². The number of nitrogens with zero attached hydrogens (tertiary/aromatic N) is 1. The first-order chi connectivity index (χ1) is 9.21. The summed E-state index contributed by atoms with van der Waals surface area (Å²) in [7, 11) is 0. The molecule has 0 fully saturated rings. The zero-order chi connectivity index (χ0) is 15.1. The Bertz CT molecular complexity index is 686. The van der Waals surface area contributed by atoms with Crippen LogP contribution in [0.4, 0.5) is 13.2 Å². The van der Waals surface area contributed by atoms with Gasteiger partial charge in [0.15, 0.2) is 0 Å². The first-order valence-electron chi connectivity index (χ1n) is 5.90. The topological polar surface area (TPSA) is 37.8 Å². The third kappa shape index (κ3) is 2.67. The van der Waals surface area contributed by atoms with E-state index in [9.17, 15) is 18.0 Å². The molecular weight excluding hydrogens is 337 g/mol. The molecule has 0 aliphatic heterocycles. The minimum atomic E-state index is -4.44. The van der Waals surface area contributed by atoms with E-state index >= 15 is 0 Å². The van der Waals surface area contributed by atoms with Gasteiger partial charge in [-0.2, -0.15) is 13.2 Å². The highest BCUT2D eigenvalue weighted by Crippen LogP contribution is 2.30. The van der Waals surface area contributed by atoms with Gasteiger partial charge < -0.3 is 0 Å². The van der Waals surface area contributed by atoms with Crippen molar-refractivity contribution in [3.8, 4) is 5.69 Å². The number of benzene rings is 1. The van der Waals surface area contributed by atoms with E-state index < -0.39 is 17.3 Å². The second kappa shape index (κ2) is 5.12. The maximum atomic E-state index is 12.7. The predicted molar refractivity (Wildman–Crippen MR) is 73.2 cm³/mol. The Labute approximate surface area is 121 Å². The summed E-state index contributed by atoms with van der Waals surface area (Å²) < 4.78 is 39.5. The molecule has 0 amide bonds. The third-order valence-electron chi connectivity index (χ3n) is 2.87. The van der Waals surface area contributed by atoms with Crippen LogP contribution >= 0.6 is 15.9 Å². The Hall–Kier alpha value is -1.50. The average Bonchev–Trinajstić information content (AvgIpc) is 2.66. The Morgan fingerprint density at radius 2 is 1.95 bits per heavy atom. The summed E-state index contributed by atoms with van der Waals surface area (Å²) >= 11 is 3.17. The monoisotopic (exact) mass is 348 g/mol. The molecule has 2 aromatic rings. The second-order valence-corrected chi connectivity index (χ2v) is 5.48. The first kappa shape index (κ1) is 14.9. The van der Waals surface area contributed by atoms with Crippen LogP contribution in [0, 0.1) is 0 Å². The summed E-state index contributed by atoms with van der Waals surface area (Å²) in [5.41, 5.74) is -0.406. The molecule has 20 heavy (non-hydrogen) atoms. The van der Waals surface area contributed by atoms with Crippen molar-refractivity contribution in [1.82, 2.24) is 9.78 Å². The lowest BCUT2D eigenvalue weighted by Crippen LogP contribution is -2.15. The van der Waals surface area contributed by atoms with E-state index in [2.05, 4.69) is 21.0 Å². The van der Waals surface area contributed by atoms with E-state index in [1.54, 1.807) is 0 Å². The van der Waals surface area contributed by atoms with E-state index in [0.717, 1.165) is 16.8 Å². The van der Waals surface area contributed by atoms with Gasteiger partial charge in [-0.05, 0) is 40.0 Å². The minimum absolute atomic E-state index is 0.0455. The van der Waals surface area contributed by atoms with Gasteiger partial charge in [-0.1, -0.05) is 19.9 Å². The molecule has 0 radical (unpaired) electrons. The Balaban J connectivity index is 2.58. The number of rotatable bonds is 2. The number of nitrogens with one attached hydrogen (secondary N) is 1. The van der Waals surface area contributed by atoms with Crippen molar-refractivity contribution in [1.29, 1.82) is 0 Å². The van der Waals surface area contributed by atoms with Crippen LogP contribution < -0.4 is 5.56 Å². The summed E-state index contributed by atoms with van der Waals surface area (Å²) in [6, 6.07) is 4.63. The zero-order valence-electron chi connectivity index (χ0n) is 10.8. The van der Waals surface area contributed by atoms with Crippen molar-refractivity contribution < 1.29 is 13.2 Å². The van der Waals surface area contributed by atoms with E-state index in [4.69, 9.17) is 0 Å². The second-order valence-electron chi connectivity index (χ2n) is 4.68. The fourth-order valence-electron chi connectivity index (χ4n) is 1.82. The largest absolute Gasteiger partial charge is 0.416 e. The molecule has 108 valence electrons. The van der Waals surface area contributed by atoms with Gasteiger partial charge in [-0.15, -0.1) is 0 Å². The molecule has 3 nitrogen and oxygen atoms in total. The van der Waals surface area contributed by atoms with E-state index in [1.165, 1.54) is 12.1 Å². The Morgan fingerprint density at radius 3 is 2.45 bits per heavy atom. The van der Waals surface area contributed by atoms with E-state index in [0.29, 0.717) is 10.2 Å². The molecule has 1 N–H and O–H groups in total. The van der Waals surface area contributed by atoms with Crippen LogP contribution in [0.15, 0.2) is 33.5 Å². The van der Waals surface area contributed by atoms with Crippen LogP contribution in [0.3, 0.4) is 0 Å². The molecule has 0 bridgehead atoms. The van der Waals surface area contributed by atoms with Gasteiger partial charge in [0.2, 0.25) is 0 Å². The smallest absolute Gasteiger partial charge is 0.294 e. The molecule has 2 rings (SSSR count). The van der Waals surface area contributed by atoms with E-state index in [1.807, 2.05) is 13.8 Å². The zero-order valence-corrected chi connectivity index (χ0v) is 12.3. The van der Waals surface area contributed by atoms with Gasteiger partial charge >= 0.3 is 6.18 Å². The maximum absolute atomic E-state index is 12.7. The number of H-pyrrole nitrogens is 1. The molecular formula is C13H12BrF3N2O. The van der Waals surface area contributed by atoms with Gasteiger partial charge in [0.05, 0.1) is 16.9 Å². The van der Waals surface area contributed by atoms with Crippen molar-refractivity contribution in [3.05, 3.63) is 50.3 Å². The van der Waals surface area contributed by atoms with Crippen molar-refractivity contribution in [2.75, 3.05) is 0 Å².